The van der Waals surface area contributed by atoms with Crippen LogP contribution in [-0.2, 0) is 11.3 Å². The van der Waals surface area contributed by atoms with E-state index in [1.807, 2.05) is 37.3 Å². The molecule has 1 heterocycles. The summed E-state index contributed by atoms with van der Waals surface area (Å²) < 4.78 is 0. The van der Waals surface area contributed by atoms with Crippen molar-refractivity contribution < 1.29 is 14.4 Å². The molecular weight excluding hydrogens is 352 g/mol. The summed E-state index contributed by atoms with van der Waals surface area (Å²) in [7, 11) is 0. The first-order chi connectivity index (χ1) is 12.5. The summed E-state index contributed by atoms with van der Waals surface area (Å²) in [6, 6.07) is 14.5. The zero-order valence-electron chi connectivity index (χ0n) is 14.4. The van der Waals surface area contributed by atoms with Gasteiger partial charge in [-0.25, -0.2) is 0 Å². The van der Waals surface area contributed by atoms with Crippen LogP contribution in [-0.4, -0.2) is 40.6 Å². The van der Waals surface area contributed by atoms with E-state index in [0.717, 1.165) is 10.5 Å². The predicted octanol–water partition coefficient (Wildman–Crippen LogP) is 3.37. The van der Waals surface area contributed by atoms with Crippen LogP contribution < -0.4 is 0 Å². The Hall–Kier alpha value is -2.66. The number of hydrogen-bond donors (Lipinski definition) is 0. The fourth-order valence-electron chi connectivity index (χ4n) is 3.04. The van der Waals surface area contributed by atoms with Gasteiger partial charge in [0.05, 0.1) is 16.1 Å². The van der Waals surface area contributed by atoms with Crippen LogP contribution in [0.2, 0.25) is 5.02 Å². The number of carbonyl (C=O) groups is 3. The third-order valence-electron chi connectivity index (χ3n) is 4.45. The molecule has 2 aromatic rings. The van der Waals surface area contributed by atoms with Crippen LogP contribution in [0.3, 0.4) is 0 Å². The highest BCUT2D eigenvalue weighted by molar-refractivity contribution is 6.37. The molecule has 0 bridgehead atoms. The highest BCUT2D eigenvalue weighted by Gasteiger charge is 2.37. The van der Waals surface area contributed by atoms with Gasteiger partial charge in [-0.15, -0.1) is 0 Å². The van der Waals surface area contributed by atoms with E-state index < -0.39 is 11.8 Å². The van der Waals surface area contributed by atoms with Crippen LogP contribution in [0, 0.1) is 0 Å². The van der Waals surface area contributed by atoms with E-state index in [9.17, 15) is 14.4 Å². The molecule has 1 aliphatic heterocycles. The van der Waals surface area contributed by atoms with Crippen molar-refractivity contribution in [2.24, 2.45) is 0 Å². The quantitative estimate of drug-likeness (QED) is 0.732. The highest BCUT2D eigenvalue weighted by atomic mass is 35.5. The number of rotatable bonds is 6. The van der Waals surface area contributed by atoms with Crippen LogP contribution in [0.4, 0.5) is 0 Å². The van der Waals surface area contributed by atoms with Gasteiger partial charge in [0.25, 0.3) is 11.8 Å². The van der Waals surface area contributed by atoms with Gasteiger partial charge in [0.15, 0.2) is 0 Å². The molecule has 0 aliphatic carbocycles. The first-order valence-electron chi connectivity index (χ1n) is 8.49. The van der Waals surface area contributed by atoms with E-state index in [1.54, 1.807) is 23.1 Å². The van der Waals surface area contributed by atoms with Gasteiger partial charge in [0.2, 0.25) is 5.91 Å². The molecule has 3 amide bonds. The lowest BCUT2D eigenvalue weighted by Gasteiger charge is -2.22. The van der Waals surface area contributed by atoms with E-state index in [2.05, 4.69) is 0 Å². The third-order valence-corrected chi connectivity index (χ3v) is 4.76. The van der Waals surface area contributed by atoms with Crippen molar-refractivity contribution in [1.29, 1.82) is 0 Å². The third kappa shape index (κ3) is 3.48. The summed E-state index contributed by atoms with van der Waals surface area (Å²) in [5.41, 5.74) is 1.56. The zero-order chi connectivity index (χ0) is 18.7. The molecular formula is C20H19ClN2O3. The molecule has 6 heteroatoms. The summed E-state index contributed by atoms with van der Waals surface area (Å²) in [5, 5.41) is 0.258. The summed E-state index contributed by atoms with van der Waals surface area (Å²) in [6.07, 6.45) is 0.0871. The van der Waals surface area contributed by atoms with Crippen LogP contribution in [0.15, 0.2) is 48.5 Å². The maximum Gasteiger partial charge on any atom is 0.263 e. The van der Waals surface area contributed by atoms with Crippen molar-refractivity contribution in [3.63, 3.8) is 0 Å². The molecule has 0 spiro atoms. The van der Waals surface area contributed by atoms with Gasteiger partial charge < -0.3 is 4.90 Å². The van der Waals surface area contributed by atoms with Gasteiger partial charge >= 0.3 is 0 Å². The Kier molecular flexibility index (Phi) is 5.38. The minimum atomic E-state index is -0.436. The number of carbonyl (C=O) groups excluding carboxylic acids is 3. The second-order valence-electron chi connectivity index (χ2n) is 6.07. The SMILES string of the molecule is CCN(Cc1ccccc1)C(=O)CCN1C(=O)c2cccc(Cl)c2C1=O. The number of hydrogen-bond acceptors (Lipinski definition) is 3. The standard InChI is InChI=1S/C20H19ClN2O3/c1-2-22(13-14-7-4-3-5-8-14)17(24)11-12-23-19(25)15-9-6-10-16(21)18(15)20(23)26/h3-10H,2,11-13H2,1H3. The molecule has 26 heavy (non-hydrogen) atoms. The van der Waals surface area contributed by atoms with E-state index in [-0.39, 0.29) is 29.5 Å². The number of amides is 3. The topological polar surface area (TPSA) is 57.7 Å². The number of nitrogens with zero attached hydrogens (tertiary/aromatic N) is 2. The van der Waals surface area contributed by atoms with Gasteiger partial charge in [-0.3, -0.25) is 19.3 Å². The van der Waals surface area contributed by atoms with Gasteiger partial charge in [-0.1, -0.05) is 48.0 Å². The number of imide groups is 1. The average Bonchev–Trinajstić information content (AvgIpc) is 2.90. The Morgan fingerprint density at radius 1 is 1.04 bits per heavy atom. The summed E-state index contributed by atoms with van der Waals surface area (Å²) >= 11 is 6.05. The molecule has 3 rings (SSSR count). The molecule has 2 aromatic carbocycles. The molecule has 0 saturated carbocycles. The Morgan fingerprint density at radius 3 is 2.42 bits per heavy atom. The summed E-state index contributed by atoms with van der Waals surface area (Å²) in [4.78, 5) is 40.2. The van der Waals surface area contributed by atoms with E-state index >= 15 is 0 Å². The fraction of sp³-hybridized carbons (Fsp3) is 0.250. The first kappa shape index (κ1) is 18.1. The summed E-state index contributed by atoms with van der Waals surface area (Å²) in [5.74, 6) is -0.931. The number of halogens is 1. The Balaban J connectivity index is 1.65. The van der Waals surface area contributed by atoms with Crippen molar-refractivity contribution in [3.8, 4) is 0 Å². The molecule has 0 aromatic heterocycles. The molecule has 0 N–H and O–H groups in total. The van der Waals surface area contributed by atoms with Crippen LogP contribution in [0.5, 0.6) is 0 Å². The van der Waals surface area contributed by atoms with Crippen molar-refractivity contribution in [2.45, 2.75) is 19.9 Å². The molecule has 0 saturated heterocycles. The predicted molar refractivity (Wildman–Crippen MR) is 99.0 cm³/mol. The Labute approximate surface area is 157 Å². The molecule has 0 atom stereocenters. The molecule has 0 fully saturated rings. The van der Waals surface area contributed by atoms with Gasteiger partial charge in [-0.2, -0.15) is 0 Å². The van der Waals surface area contributed by atoms with Crippen LogP contribution in [0.1, 0.15) is 39.6 Å². The first-order valence-corrected chi connectivity index (χ1v) is 8.87. The lowest BCUT2D eigenvalue weighted by molar-refractivity contribution is -0.131. The molecule has 0 unspecified atom stereocenters. The van der Waals surface area contributed by atoms with Crippen molar-refractivity contribution >= 4 is 29.3 Å². The van der Waals surface area contributed by atoms with Crippen LogP contribution in [0.25, 0.3) is 0 Å². The fourth-order valence-corrected chi connectivity index (χ4v) is 3.30. The highest BCUT2D eigenvalue weighted by Crippen LogP contribution is 2.29. The maximum atomic E-state index is 12.5. The minimum Gasteiger partial charge on any atom is -0.339 e. The summed E-state index contributed by atoms with van der Waals surface area (Å²) in [6.45, 7) is 3.02. The van der Waals surface area contributed by atoms with Crippen molar-refractivity contribution in [3.05, 3.63) is 70.2 Å². The van der Waals surface area contributed by atoms with E-state index in [1.165, 1.54) is 0 Å². The van der Waals surface area contributed by atoms with Crippen LogP contribution >= 0.6 is 11.6 Å². The Bertz CT molecular complexity index is 851. The zero-order valence-corrected chi connectivity index (χ0v) is 15.2. The monoisotopic (exact) mass is 370 g/mol. The number of benzene rings is 2. The maximum absolute atomic E-state index is 12.5. The normalized spacial score (nSPS) is 13.1. The van der Waals surface area contributed by atoms with Crippen molar-refractivity contribution in [2.75, 3.05) is 13.1 Å². The van der Waals surface area contributed by atoms with E-state index in [4.69, 9.17) is 11.6 Å². The second-order valence-corrected chi connectivity index (χ2v) is 6.48. The largest absolute Gasteiger partial charge is 0.339 e. The molecule has 1 aliphatic rings. The molecule has 0 radical (unpaired) electrons. The average molecular weight is 371 g/mol. The second kappa shape index (κ2) is 7.70. The smallest absolute Gasteiger partial charge is 0.263 e. The number of fused-ring (bicyclic) bond motifs is 1. The van der Waals surface area contributed by atoms with Gasteiger partial charge in [0, 0.05) is 26.1 Å². The molecule has 134 valence electrons. The van der Waals surface area contributed by atoms with Crippen molar-refractivity contribution in [1.82, 2.24) is 9.80 Å². The van der Waals surface area contributed by atoms with Gasteiger partial charge in [0.1, 0.15) is 0 Å². The van der Waals surface area contributed by atoms with E-state index in [0.29, 0.717) is 18.7 Å². The lowest BCUT2D eigenvalue weighted by Crippen LogP contribution is -2.36. The minimum absolute atomic E-state index is 0.0484. The van der Waals surface area contributed by atoms with Gasteiger partial charge in [-0.05, 0) is 24.6 Å². The lowest BCUT2D eigenvalue weighted by atomic mass is 10.1. The Morgan fingerprint density at radius 2 is 1.77 bits per heavy atom. The molecule has 5 nitrogen and oxygen atoms in total.